The monoisotopic (exact) mass is 739 g/mol. The summed E-state index contributed by atoms with van der Waals surface area (Å²) in [5, 5.41) is 7.18. The number of furan rings is 1. The molecular weight excluding hydrogens is 703 g/mol. The number of hydrogen-bond donors (Lipinski definition) is 0. The second kappa shape index (κ2) is 14.1. The minimum Gasteiger partial charge on any atom is -0.455 e. The largest absolute Gasteiger partial charge is 0.455 e. The van der Waals surface area contributed by atoms with Crippen LogP contribution >= 0.6 is 0 Å². The van der Waals surface area contributed by atoms with E-state index < -0.39 is 0 Å². The number of anilines is 3. The lowest BCUT2D eigenvalue weighted by Gasteiger charge is -2.29. The van der Waals surface area contributed by atoms with Crippen LogP contribution in [0.2, 0.25) is 0 Å². The summed E-state index contributed by atoms with van der Waals surface area (Å²) in [6, 6.07) is 80.6. The molecule has 2 heteroatoms. The van der Waals surface area contributed by atoms with E-state index in [1.54, 1.807) is 0 Å². The van der Waals surface area contributed by atoms with E-state index in [9.17, 15) is 0 Å². The highest BCUT2D eigenvalue weighted by Gasteiger charge is 2.25. The zero-order valence-corrected chi connectivity index (χ0v) is 31.7. The molecule has 0 fully saturated rings. The third-order valence-electron chi connectivity index (χ3n) is 11.5. The normalized spacial score (nSPS) is 11.4. The lowest BCUT2D eigenvalue weighted by molar-refractivity contribution is 0.670. The zero-order chi connectivity index (χ0) is 38.4. The third-order valence-corrected chi connectivity index (χ3v) is 11.5. The summed E-state index contributed by atoms with van der Waals surface area (Å²) in [6.07, 6.45) is 0. The van der Waals surface area contributed by atoms with Gasteiger partial charge in [-0.15, -0.1) is 0 Å². The van der Waals surface area contributed by atoms with Gasteiger partial charge in [0.2, 0.25) is 0 Å². The van der Waals surface area contributed by atoms with Crippen molar-refractivity contribution in [2.75, 3.05) is 4.90 Å². The van der Waals surface area contributed by atoms with Gasteiger partial charge in [-0.1, -0.05) is 182 Å². The van der Waals surface area contributed by atoms with Crippen LogP contribution in [0.5, 0.6) is 0 Å². The van der Waals surface area contributed by atoms with E-state index in [2.05, 4.69) is 229 Å². The molecule has 0 amide bonds. The molecule has 0 saturated heterocycles. The number of nitrogens with zero attached hydrogens (tertiary/aromatic N) is 1. The molecule has 272 valence electrons. The molecule has 0 aliphatic rings. The smallest absolute Gasteiger partial charge is 0.145 e. The van der Waals surface area contributed by atoms with Gasteiger partial charge in [-0.2, -0.15) is 0 Å². The molecule has 10 aromatic carbocycles. The number of benzene rings is 10. The Morgan fingerprint density at radius 1 is 0.310 bits per heavy atom. The molecule has 0 atom stereocenters. The molecule has 2 nitrogen and oxygen atoms in total. The van der Waals surface area contributed by atoms with Crippen molar-refractivity contribution in [3.05, 3.63) is 224 Å². The van der Waals surface area contributed by atoms with Gasteiger partial charge in [0.25, 0.3) is 0 Å². The average Bonchev–Trinajstić information content (AvgIpc) is 3.70. The summed E-state index contributed by atoms with van der Waals surface area (Å²) in [4.78, 5) is 2.43. The summed E-state index contributed by atoms with van der Waals surface area (Å²) >= 11 is 0. The minimum atomic E-state index is 0.864. The van der Waals surface area contributed by atoms with E-state index in [1.165, 1.54) is 49.4 Å². The Morgan fingerprint density at radius 2 is 0.862 bits per heavy atom. The van der Waals surface area contributed by atoms with E-state index in [1.807, 2.05) is 0 Å². The van der Waals surface area contributed by atoms with Crippen LogP contribution in [0.3, 0.4) is 0 Å². The molecule has 11 rings (SSSR count). The molecular formula is C56H37NO. The van der Waals surface area contributed by atoms with Crippen molar-refractivity contribution in [1.29, 1.82) is 0 Å². The van der Waals surface area contributed by atoms with Crippen LogP contribution in [0, 0.1) is 0 Å². The quantitative estimate of drug-likeness (QED) is 0.151. The van der Waals surface area contributed by atoms with Gasteiger partial charge in [0.15, 0.2) is 0 Å². The SMILES string of the molecule is c1ccc(-c2ccccc2-c2ccccc2N(c2ccc(-c3cc4ccccc4c4ccccc34)cc2)c2ccc(-c3ccccc3)c3oc4ccccc4c23)cc1. The molecule has 0 N–H and O–H groups in total. The van der Waals surface area contributed by atoms with Crippen LogP contribution in [0.25, 0.3) is 88.0 Å². The molecule has 0 aliphatic carbocycles. The first-order chi connectivity index (χ1) is 28.8. The van der Waals surface area contributed by atoms with Gasteiger partial charge in [0.05, 0.1) is 16.8 Å². The molecule has 58 heavy (non-hydrogen) atoms. The molecule has 0 spiro atoms. The Hall–Kier alpha value is -7.68. The van der Waals surface area contributed by atoms with Crippen molar-refractivity contribution in [3.8, 4) is 44.5 Å². The fourth-order valence-electron chi connectivity index (χ4n) is 8.82. The van der Waals surface area contributed by atoms with E-state index in [0.717, 1.165) is 55.7 Å². The Kier molecular flexibility index (Phi) is 8.19. The standard InChI is InChI=1S/C56H37NO/c1-3-17-38(18-4-1)43-22-9-10-25-47(43)49-27-13-15-29-52(49)57(53-36-35-45(39-19-5-2-6-20-39)56-55(53)50-28-14-16-30-54(50)58-56)42-33-31-40(32-34-42)51-37-41-21-7-8-23-44(41)46-24-11-12-26-48(46)51/h1-37H. The number of hydrogen-bond acceptors (Lipinski definition) is 2. The molecule has 11 aromatic rings. The Balaban J connectivity index is 1.17. The predicted octanol–water partition coefficient (Wildman–Crippen LogP) is 16.0. The third kappa shape index (κ3) is 5.66. The lowest BCUT2D eigenvalue weighted by Crippen LogP contribution is -2.12. The molecule has 1 aromatic heterocycles. The van der Waals surface area contributed by atoms with Crippen molar-refractivity contribution < 1.29 is 4.42 Å². The number of rotatable bonds is 7. The second-order valence-electron chi connectivity index (χ2n) is 14.8. The lowest BCUT2D eigenvalue weighted by atomic mass is 9.92. The molecule has 1 heterocycles. The van der Waals surface area contributed by atoms with E-state index in [4.69, 9.17) is 4.42 Å². The summed E-state index contributed by atoms with van der Waals surface area (Å²) in [5.74, 6) is 0. The Bertz CT molecular complexity index is 3270. The summed E-state index contributed by atoms with van der Waals surface area (Å²) in [7, 11) is 0. The molecule has 0 aliphatic heterocycles. The first-order valence-corrected chi connectivity index (χ1v) is 19.8. The number of fused-ring (bicyclic) bond motifs is 6. The van der Waals surface area contributed by atoms with Crippen molar-refractivity contribution in [2.24, 2.45) is 0 Å². The molecule has 0 saturated carbocycles. The molecule has 0 bridgehead atoms. The van der Waals surface area contributed by atoms with Crippen LogP contribution in [0.4, 0.5) is 17.1 Å². The second-order valence-corrected chi connectivity index (χ2v) is 14.8. The number of para-hydroxylation sites is 2. The van der Waals surface area contributed by atoms with Crippen LogP contribution < -0.4 is 4.90 Å². The Labute approximate surface area is 337 Å². The van der Waals surface area contributed by atoms with Crippen LogP contribution in [-0.4, -0.2) is 0 Å². The summed E-state index contributed by atoms with van der Waals surface area (Å²) < 4.78 is 6.82. The Morgan fingerprint density at radius 3 is 1.62 bits per heavy atom. The van der Waals surface area contributed by atoms with Crippen molar-refractivity contribution in [2.45, 2.75) is 0 Å². The van der Waals surface area contributed by atoms with E-state index in [-0.39, 0.29) is 0 Å². The van der Waals surface area contributed by atoms with Gasteiger partial charge in [-0.3, -0.25) is 0 Å². The fourth-order valence-corrected chi connectivity index (χ4v) is 8.82. The van der Waals surface area contributed by atoms with E-state index in [0.29, 0.717) is 0 Å². The summed E-state index contributed by atoms with van der Waals surface area (Å²) in [6.45, 7) is 0. The topological polar surface area (TPSA) is 16.4 Å². The van der Waals surface area contributed by atoms with Crippen molar-refractivity contribution in [3.63, 3.8) is 0 Å². The summed E-state index contributed by atoms with van der Waals surface area (Å²) in [5.41, 5.74) is 14.2. The minimum absolute atomic E-state index is 0.864. The van der Waals surface area contributed by atoms with Crippen LogP contribution in [0.15, 0.2) is 229 Å². The predicted molar refractivity (Wildman–Crippen MR) is 245 cm³/mol. The highest BCUT2D eigenvalue weighted by molar-refractivity contribution is 6.18. The van der Waals surface area contributed by atoms with Crippen LogP contribution in [0.1, 0.15) is 0 Å². The highest BCUT2D eigenvalue weighted by atomic mass is 16.3. The van der Waals surface area contributed by atoms with Gasteiger partial charge in [-0.05, 0) is 97.4 Å². The first-order valence-electron chi connectivity index (χ1n) is 19.8. The molecule has 0 unspecified atom stereocenters. The van der Waals surface area contributed by atoms with Gasteiger partial charge < -0.3 is 9.32 Å². The van der Waals surface area contributed by atoms with Gasteiger partial charge in [0, 0.05) is 22.2 Å². The molecule has 0 radical (unpaired) electrons. The van der Waals surface area contributed by atoms with E-state index >= 15 is 0 Å². The van der Waals surface area contributed by atoms with Crippen molar-refractivity contribution >= 4 is 60.5 Å². The van der Waals surface area contributed by atoms with Crippen molar-refractivity contribution in [1.82, 2.24) is 0 Å². The van der Waals surface area contributed by atoms with Crippen LogP contribution in [-0.2, 0) is 0 Å². The zero-order valence-electron chi connectivity index (χ0n) is 31.7. The maximum absolute atomic E-state index is 6.82. The van der Waals surface area contributed by atoms with Gasteiger partial charge in [0.1, 0.15) is 11.2 Å². The highest BCUT2D eigenvalue weighted by Crippen LogP contribution is 2.49. The first kappa shape index (κ1) is 33.6. The van der Waals surface area contributed by atoms with Gasteiger partial charge in [-0.25, -0.2) is 0 Å². The fraction of sp³-hybridized carbons (Fsp3) is 0. The maximum atomic E-state index is 6.82. The maximum Gasteiger partial charge on any atom is 0.145 e. The van der Waals surface area contributed by atoms with Gasteiger partial charge >= 0.3 is 0 Å². The average molecular weight is 740 g/mol.